The Morgan fingerprint density at radius 1 is 1.18 bits per heavy atom. The van der Waals surface area contributed by atoms with Crippen molar-refractivity contribution >= 4 is 23.4 Å². The average molecular weight is 381 g/mol. The Balaban J connectivity index is 1.21. The van der Waals surface area contributed by atoms with Gasteiger partial charge in [-0.3, -0.25) is 9.48 Å². The predicted octanol–water partition coefficient (Wildman–Crippen LogP) is 2.32. The topological polar surface area (TPSA) is 88.0 Å². The van der Waals surface area contributed by atoms with Gasteiger partial charge >= 0.3 is 0 Å². The molecule has 148 valence electrons. The lowest BCUT2D eigenvalue weighted by atomic mass is 10.0. The average Bonchev–Trinajstić information content (AvgIpc) is 3.17. The van der Waals surface area contributed by atoms with Crippen LogP contribution in [0.4, 0.5) is 17.5 Å². The minimum absolute atomic E-state index is 0.335. The van der Waals surface area contributed by atoms with E-state index in [0.717, 1.165) is 55.8 Å². The summed E-state index contributed by atoms with van der Waals surface area (Å²) < 4.78 is 1.74. The number of likely N-dealkylation sites (tertiary alicyclic amines) is 1. The highest BCUT2D eigenvalue weighted by Gasteiger charge is 2.45. The molecule has 0 bridgehead atoms. The first-order valence-corrected chi connectivity index (χ1v) is 10.2. The molecule has 8 nitrogen and oxygen atoms in total. The first kappa shape index (κ1) is 17.5. The van der Waals surface area contributed by atoms with E-state index in [4.69, 9.17) is 0 Å². The molecule has 3 aliphatic rings. The van der Waals surface area contributed by atoms with Crippen molar-refractivity contribution in [3.05, 3.63) is 24.2 Å². The first-order valence-electron chi connectivity index (χ1n) is 10.2. The number of nitrogens with one attached hydrogen (secondary N) is 2. The summed E-state index contributed by atoms with van der Waals surface area (Å²) in [5.41, 5.74) is 1.91. The van der Waals surface area contributed by atoms with Gasteiger partial charge in [0.1, 0.15) is 5.82 Å². The van der Waals surface area contributed by atoms with E-state index in [0.29, 0.717) is 35.7 Å². The summed E-state index contributed by atoms with van der Waals surface area (Å²) in [6.07, 6.45) is 9.89. The van der Waals surface area contributed by atoms with Gasteiger partial charge in [0.15, 0.2) is 0 Å². The van der Waals surface area contributed by atoms with Crippen LogP contribution in [0, 0.1) is 24.7 Å². The Bertz CT molecular complexity index is 876. The minimum atomic E-state index is 0.335. The van der Waals surface area contributed by atoms with Gasteiger partial charge in [-0.15, -0.1) is 0 Å². The molecule has 2 aromatic rings. The minimum Gasteiger partial charge on any atom is -0.367 e. The molecule has 2 aromatic heterocycles. The van der Waals surface area contributed by atoms with Crippen molar-refractivity contribution < 1.29 is 4.79 Å². The van der Waals surface area contributed by atoms with Gasteiger partial charge in [0.25, 0.3) is 0 Å². The quantitative estimate of drug-likeness (QED) is 0.826. The van der Waals surface area contributed by atoms with E-state index in [1.165, 1.54) is 0 Å². The molecule has 0 spiro atoms. The Hall–Kier alpha value is -2.64. The third kappa shape index (κ3) is 3.43. The zero-order valence-electron chi connectivity index (χ0n) is 16.4. The van der Waals surface area contributed by atoms with Gasteiger partial charge in [0.2, 0.25) is 11.9 Å². The Kier molecular flexibility index (Phi) is 4.21. The fourth-order valence-electron chi connectivity index (χ4n) is 4.64. The van der Waals surface area contributed by atoms with Crippen molar-refractivity contribution in [2.75, 3.05) is 23.7 Å². The molecule has 2 N–H and O–H groups in total. The highest BCUT2D eigenvalue weighted by atomic mass is 16.2. The van der Waals surface area contributed by atoms with Crippen LogP contribution in [-0.4, -0.2) is 49.7 Å². The van der Waals surface area contributed by atoms with Crippen LogP contribution in [0.5, 0.6) is 0 Å². The lowest BCUT2D eigenvalue weighted by Crippen LogP contribution is -2.32. The number of anilines is 3. The van der Waals surface area contributed by atoms with E-state index >= 15 is 0 Å². The molecule has 2 saturated carbocycles. The second-order valence-corrected chi connectivity index (χ2v) is 8.60. The van der Waals surface area contributed by atoms with Crippen LogP contribution in [0.15, 0.2) is 18.6 Å². The molecule has 1 amide bonds. The maximum absolute atomic E-state index is 12.3. The molecule has 3 heterocycles. The van der Waals surface area contributed by atoms with Crippen LogP contribution >= 0.6 is 0 Å². The van der Waals surface area contributed by atoms with Gasteiger partial charge in [-0.25, -0.2) is 4.98 Å². The monoisotopic (exact) mass is 381 g/mol. The third-order valence-corrected chi connectivity index (χ3v) is 6.26. The number of aryl methyl sites for hydroxylation is 2. The number of nitrogens with zero attached hydrogens (tertiary/aromatic N) is 5. The predicted molar refractivity (Wildman–Crippen MR) is 106 cm³/mol. The van der Waals surface area contributed by atoms with E-state index in [9.17, 15) is 4.79 Å². The molecule has 0 radical (unpaired) electrons. The molecule has 1 aliphatic heterocycles. The lowest BCUT2D eigenvalue weighted by molar-refractivity contribution is -0.131. The van der Waals surface area contributed by atoms with Gasteiger partial charge in [-0.05, 0) is 44.4 Å². The van der Waals surface area contributed by atoms with Gasteiger partial charge < -0.3 is 15.5 Å². The second kappa shape index (κ2) is 6.76. The zero-order valence-corrected chi connectivity index (χ0v) is 16.4. The number of aromatic nitrogens is 4. The van der Waals surface area contributed by atoms with Crippen molar-refractivity contribution in [3.8, 4) is 0 Å². The second-order valence-electron chi connectivity index (χ2n) is 8.60. The maximum atomic E-state index is 12.3. The third-order valence-electron chi connectivity index (χ3n) is 6.26. The number of fused-ring (bicyclic) bond motifs is 1. The SMILES string of the molecule is Cc1cnc(Nc2cnn(C)c2)nc1NC1CC2CN(C(=O)C3CC3)CC2C1. The van der Waals surface area contributed by atoms with Crippen LogP contribution in [0.3, 0.4) is 0 Å². The largest absolute Gasteiger partial charge is 0.367 e. The smallest absolute Gasteiger partial charge is 0.229 e. The summed E-state index contributed by atoms with van der Waals surface area (Å²) in [6, 6.07) is 0.410. The number of amides is 1. The fourth-order valence-corrected chi connectivity index (χ4v) is 4.64. The summed E-state index contributed by atoms with van der Waals surface area (Å²) in [6.45, 7) is 3.91. The highest BCUT2D eigenvalue weighted by Crippen LogP contribution is 2.41. The van der Waals surface area contributed by atoms with E-state index in [1.54, 1.807) is 10.9 Å². The lowest BCUT2D eigenvalue weighted by Gasteiger charge is -2.21. The maximum Gasteiger partial charge on any atom is 0.229 e. The highest BCUT2D eigenvalue weighted by molar-refractivity contribution is 5.81. The molecule has 2 atom stereocenters. The summed E-state index contributed by atoms with van der Waals surface area (Å²) in [5, 5.41) is 11.0. The standard InChI is InChI=1S/C20H27N7O/c1-12-7-21-20(24-17-8-22-26(2)11-17)25-18(12)23-16-5-14-9-27(10-15(14)6-16)19(28)13-3-4-13/h7-8,11,13-16H,3-6,9-10H2,1-2H3,(H2,21,23,24,25). The fraction of sp³-hybridized carbons (Fsp3) is 0.600. The molecule has 1 saturated heterocycles. The van der Waals surface area contributed by atoms with Crippen molar-refractivity contribution in [2.45, 2.75) is 38.6 Å². The number of carbonyl (C=O) groups excluding carboxylic acids is 1. The van der Waals surface area contributed by atoms with Crippen molar-refractivity contribution in [1.82, 2.24) is 24.6 Å². The molecule has 28 heavy (non-hydrogen) atoms. The number of hydrogen-bond donors (Lipinski definition) is 2. The Morgan fingerprint density at radius 2 is 1.93 bits per heavy atom. The van der Waals surface area contributed by atoms with Crippen LogP contribution in [0.2, 0.25) is 0 Å². The summed E-state index contributed by atoms with van der Waals surface area (Å²) in [4.78, 5) is 23.5. The summed E-state index contributed by atoms with van der Waals surface area (Å²) in [5.74, 6) is 3.43. The Morgan fingerprint density at radius 3 is 2.57 bits per heavy atom. The van der Waals surface area contributed by atoms with Gasteiger partial charge in [-0.1, -0.05) is 0 Å². The van der Waals surface area contributed by atoms with Crippen molar-refractivity contribution in [1.29, 1.82) is 0 Å². The van der Waals surface area contributed by atoms with Gasteiger partial charge in [-0.2, -0.15) is 10.1 Å². The number of carbonyl (C=O) groups is 1. The molecule has 2 aliphatic carbocycles. The van der Waals surface area contributed by atoms with Gasteiger partial charge in [0.05, 0.1) is 11.9 Å². The van der Waals surface area contributed by atoms with Crippen molar-refractivity contribution in [2.24, 2.45) is 24.8 Å². The zero-order chi connectivity index (χ0) is 19.3. The molecule has 8 heteroatoms. The van der Waals surface area contributed by atoms with Crippen LogP contribution in [0.25, 0.3) is 0 Å². The van der Waals surface area contributed by atoms with Crippen LogP contribution in [-0.2, 0) is 11.8 Å². The first-order chi connectivity index (χ1) is 13.5. The molecular weight excluding hydrogens is 354 g/mol. The summed E-state index contributed by atoms with van der Waals surface area (Å²) >= 11 is 0. The van der Waals surface area contributed by atoms with E-state index in [2.05, 4.69) is 30.6 Å². The molecule has 2 unspecified atom stereocenters. The molecular formula is C20H27N7O. The number of rotatable bonds is 5. The summed E-state index contributed by atoms with van der Waals surface area (Å²) in [7, 11) is 1.88. The number of hydrogen-bond acceptors (Lipinski definition) is 6. The molecule has 3 fully saturated rings. The Labute approximate surface area is 164 Å². The normalized spacial score (nSPS) is 26.4. The van der Waals surface area contributed by atoms with Crippen LogP contribution in [0.1, 0.15) is 31.2 Å². The molecule has 0 aromatic carbocycles. The van der Waals surface area contributed by atoms with E-state index in [1.807, 2.05) is 26.4 Å². The van der Waals surface area contributed by atoms with Gasteiger partial charge in [0, 0.05) is 50.1 Å². The van der Waals surface area contributed by atoms with Crippen molar-refractivity contribution in [3.63, 3.8) is 0 Å². The molecule has 5 rings (SSSR count). The van der Waals surface area contributed by atoms with Crippen LogP contribution < -0.4 is 10.6 Å². The van der Waals surface area contributed by atoms with E-state index < -0.39 is 0 Å². The van der Waals surface area contributed by atoms with E-state index in [-0.39, 0.29) is 0 Å².